The van der Waals surface area contributed by atoms with Gasteiger partial charge in [-0.05, 0) is 32.1 Å². The summed E-state index contributed by atoms with van der Waals surface area (Å²) in [5.41, 5.74) is 0. The number of nitrogens with zero attached hydrogens (tertiary/aromatic N) is 1. The van der Waals surface area contributed by atoms with Crippen molar-refractivity contribution in [2.24, 2.45) is 0 Å². The molecule has 0 aromatic heterocycles. The van der Waals surface area contributed by atoms with E-state index in [2.05, 4.69) is 31.3 Å². The normalized spacial score (nSPS) is 14.8. The van der Waals surface area contributed by atoms with Gasteiger partial charge in [-0.1, -0.05) is 160 Å². The highest BCUT2D eigenvalue weighted by atomic mass is 31.2. The van der Waals surface area contributed by atoms with Crippen molar-refractivity contribution in [1.29, 1.82) is 0 Å². The molecule has 2 N–H and O–H groups in total. The van der Waals surface area contributed by atoms with Crippen molar-refractivity contribution in [3.8, 4) is 0 Å². The molecule has 0 rings (SSSR count). The summed E-state index contributed by atoms with van der Waals surface area (Å²) in [5.74, 6) is -0.211. The van der Waals surface area contributed by atoms with Crippen LogP contribution >= 0.6 is 7.82 Å². The lowest BCUT2D eigenvalue weighted by Crippen LogP contribution is -2.45. The molecule has 0 aliphatic rings. The van der Waals surface area contributed by atoms with E-state index < -0.39 is 20.0 Å². The zero-order valence-corrected chi connectivity index (χ0v) is 33.5. The second kappa shape index (κ2) is 32.9. The number of unbranched alkanes of at least 4 members (excludes halogenated alkanes) is 21. The first kappa shape index (κ1) is 48.0. The van der Waals surface area contributed by atoms with E-state index >= 15 is 0 Å². The summed E-state index contributed by atoms with van der Waals surface area (Å²) in [4.78, 5) is 25.1. The predicted molar refractivity (Wildman–Crippen MR) is 205 cm³/mol. The van der Waals surface area contributed by atoms with Crippen molar-refractivity contribution in [2.45, 2.75) is 187 Å². The van der Waals surface area contributed by atoms with Crippen LogP contribution in [0.2, 0.25) is 0 Å². The Morgan fingerprint density at radius 3 is 1.65 bits per heavy atom. The molecule has 0 spiro atoms. The van der Waals surface area contributed by atoms with E-state index in [1.54, 1.807) is 6.08 Å². The molecule has 0 aromatic carbocycles. The van der Waals surface area contributed by atoms with Gasteiger partial charge in [0.05, 0.1) is 39.9 Å². The van der Waals surface area contributed by atoms with E-state index in [9.17, 15) is 19.4 Å². The van der Waals surface area contributed by atoms with Crippen LogP contribution in [0.1, 0.15) is 174 Å². The molecule has 0 saturated heterocycles. The smallest absolute Gasteiger partial charge is 0.268 e. The SMILES string of the molecule is CCCCCCCCCCCCC/C=C/CC/C=C/C(O)C(COP(=O)([O-])OCC[N+](C)(C)C)NC(=O)CCCCCCCCCCCC. The molecule has 0 radical (unpaired) electrons. The molecule has 0 fully saturated rings. The second-order valence-electron chi connectivity index (χ2n) is 15.0. The summed E-state index contributed by atoms with van der Waals surface area (Å²) in [6, 6.07) is -0.896. The molecule has 0 heterocycles. The molecule has 8 nitrogen and oxygen atoms in total. The van der Waals surface area contributed by atoms with Gasteiger partial charge in [-0.3, -0.25) is 9.36 Å². The number of aliphatic hydroxyl groups excluding tert-OH is 1. The lowest BCUT2D eigenvalue weighted by atomic mass is 10.1. The first-order valence-electron chi connectivity index (χ1n) is 20.2. The number of phosphoric acid groups is 1. The molecule has 0 bridgehead atoms. The molecular formula is C40H79N2O6P. The summed E-state index contributed by atoms with van der Waals surface area (Å²) in [7, 11) is 1.24. The van der Waals surface area contributed by atoms with Crippen LogP contribution in [-0.2, 0) is 18.4 Å². The van der Waals surface area contributed by atoms with Crippen LogP contribution in [0.4, 0.5) is 0 Å². The van der Waals surface area contributed by atoms with Gasteiger partial charge in [0.15, 0.2) is 0 Å². The number of carbonyl (C=O) groups excluding carboxylic acids is 1. The number of allylic oxidation sites excluding steroid dienone is 3. The molecule has 0 aliphatic heterocycles. The van der Waals surface area contributed by atoms with E-state index in [0.29, 0.717) is 17.4 Å². The summed E-state index contributed by atoms with van der Waals surface area (Å²) < 4.78 is 23.1. The van der Waals surface area contributed by atoms with Gasteiger partial charge in [0.25, 0.3) is 7.82 Å². The molecule has 49 heavy (non-hydrogen) atoms. The number of hydrogen-bond acceptors (Lipinski definition) is 6. The van der Waals surface area contributed by atoms with Gasteiger partial charge in [0.1, 0.15) is 13.2 Å². The molecule has 3 unspecified atom stereocenters. The number of phosphoric ester groups is 1. The quantitative estimate of drug-likeness (QED) is 0.0290. The minimum Gasteiger partial charge on any atom is -0.756 e. The lowest BCUT2D eigenvalue weighted by Gasteiger charge is -2.29. The topological polar surface area (TPSA) is 108 Å². The summed E-state index contributed by atoms with van der Waals surface area (Å²) in [6.45, 7) is 4.59. The fraction of sp³-hybridized carbons (Fsp3) is 0.875. The Morgan fingerprint density at radius 2 is 1.14 bits per heavy atom. The monoisotopic (exact) mass is 715 g/mol. The van der Waals surface area contributed by atoms with Crippen molar-refractivity contribution >= 4 is 13.7 Å². The Morgan fingerprint density at radius 1 is 0.694 bits per heavy atom. The number of amides is 1. The zero-order valence-electron chi connectivity index (χ0n) is 32.6. The maximum absolute atomic E-state index is 12.7. The summed E-state index contributed by atoms with van der Waals surface area (Å²) >= 11 is 0. The number of aliphatic hydroxyl groups is 1. The second-order valence-corrected chi connectivity index (χ2v) is 16.4. The predicted octanol–water partition coefficient (Wildman–Crippen LogP) is 9.94. The number of hydrogen-bond donors (Lipinski definition) is 2. The van der Waals surface area contributed by atoms with Crippen molar-refractivity contribution in [3.05, 3.63) is 24.3 Å². The van der Waals surface area contributed by atoms with Crippen LogP contribution in [0.5, 0.6) is 0 Å². The molecule has 9 heteroatoms. The number of likely N-dealkylation sites (N-methyl/N-ethyl adjacent to an activating group) is 1. The lowest BCUT2D eigenvalue weighted by molar-refractivity contribution is -0.870. The van der Waals surface area contributed by atoms with Crippen molar-refractivity contribution in [3.63, 3.8) is 0 Å². The van der Waals surface area contributed by atoms with Crippen molar-refractivity contribution in [2.75, 3.05) is 40.9 Å². The largest absolute Gasteiger partial charge is 0.756 e. The average molecular weight is 715 g/mol. The number of carbonyl (C=O) groups is 1. The van der Waals surface area contributed by atoms with E-state index in [4.69, 9.17) is 9.05 Å². The number of rotatable bonds is 36. The third-order valence-electron chi connectivity index (χ3n) is 8.91. The third-order valence-corrected chi connectivity index (χ3v) is 9.88. The highest BCUT2D eigenvalue weighted by molar-refractivity contribution is 7.45. The van der Waals surface area contributed by atoms with Crippen LogP contribution < -0.4 is 10.2 Å². The Bertz CT molecular complexity index is 860. The molecule has 3 atom stereocenters. The third kappa shape index (κ3) is 35.2. The van der Waals surface area contributed by atoms with Gasteiger partial charge in [0, 0.05) is 6.42 Å². The minimum atomic E-state index is -4.58. The molecule has 1 amide bonds. The highest BCUT2D eigenvalue weighted by Crippen LogP contribution is 2.38. The summed E-state index contributed by atoms with van der Waals surface area (Å²) in [6.07, 6.45) is 36.5. The van der Waals surface area contributed by atoms with Crippen molar-refractivity contribution < 1.29 is 32.9 Å². The summed E-state index contributed by atoms with van der Waals surface area (Å²) in [5, 5.41) is 13.7. The van der Waals surface area contributed by atoms with E-state index in [0.717, 1.165) is 38.5 Å². The molecule has 0 aliphatic carbocycles. The molecular weight excluding hydrogens is 635 g/mol. The highest BCUT2D eigenvalue weighted by Gasteiger charge is 2.23. The fourth-order valence-corrected chi connectivity index (χ4v) is 6.36. The maximum atomic E-state index is 12.7. The van der Waals surface area contributed by atoms with Gasteiger partial charge < -0.3 is 28.8 Å². The van der Waals surface area contributed by atoms with Crippen LogP contribution in [0.3, 0.4) is 0 Å². The Kier molecular flexibility index (Phi) is 32.2. The van der Waals surface area contributed by atoms with Gasteiger partial charge in [0.2, 0.25) is 5.91 Å². The van der Waals surface area contributed by atoms with Crippen LogP contribution in [0.25, 0.3) is 0 Å². The first-order valence-corrected chi connectivity index (χ1v) is 21.7. The average Bonchev–Trinajstić information content (AvgIpc) is 3.04. The Labute approximate surface area is 303 Å². The standard InChI is InChI=1S/C40H79N2O6P/c1-6-8-10-12-14-16-18-19-20-21-22-23-24-25-27-29-31-33-39(43)38(37-48-49(45,46)47-36-35-42(3,4)5)41-40(44)34-32-30-28-26-17-15-13-11-9-7-2/h24-25,31,33,38-39,43H,6-23,26-30,32,34-37H2,1-5H3,(H-,41,44,45,46)/b25-24+,33-31+. The number of quaternary nitrogens is 1. The Balaban J connectivity index is 4.52. The van der Waals surface area contributed by atoms with E-state index in [1.165, 1.54) is 116 Å². The van der Waals surface area contributed by atoms with Gasteiger partial charge in [-0.25, -0.2) is 0 Å². The minimum absolute atomic E-state index is 0.00469. The zero-order chi connectivity index (χ0) is 36.5. The molecule has 0 aromatic rings. The van der Waals surface area contributed by atoms with Gasteiger partial charge >= 0.3 is 0 Å². The first-order chi connectivity index (χ1) is 23.5. The molecule has 290 valence electrons. The van der Waals surface area contributed by atoms with Crippen LogP contribution in [0.15, 0.2) is 24.3 Å². The van der Waals surface area contributed by atoms with Crippen LogP contribution in [0, 0.1) is 0 Å². The van der Waals surface area contributed by atoms with E-state index in [1.807, 2.05) is 27.2 Å². The Hall–Kier alpha value is -1.02. The van der Waals surface area contributed by atoms with Crippen LogP contribution in [-0.4, -0.2) is 68.5 Å². The van der Waals surface area contributed by atoms with E-state index in [-0.39, 0.29) is 19.1 Å². The number of nitrogens with one attached hydrogen (secondary N) is 1. The fourth-order valence-electron chi connectivity index (χ4n) is 5.64. The maximum Gasteiger partial charge on any atom is 0.268 e. The molecule has 0 saturated carbocycles. The van der Waals surface area contributed by atoms with Gasteiger partial charge in [-0.2, -0.15) is 0 Å². The van der Waals surface area contributed by atoms with Gasteiger partial charge in [-0.15, -0.1) is 0 Å². The van der Waals surface area contributed by atoms with Crippen molar-refractivity contribution in [1.82, 2.24) is 5.32 Å².